The van der Waals surface area contributed by atoms with E-state index >= 15 is 0 Å². The van der Waals surface area contributed by atoms with Crippen LogP contribution < -0.4 is 5.32 Å². The molecular formula is C12H29NO3Si. The summed E-state index contributed by atoms with van der Waals surface area (Å²) in [5, 5.41) is 3.45. The van der Waals surface area contributed by atoms with Gasteiger partial charge in [-0.25, -0.2) is 0 Å². The van der Waals surface area contributed by atoms with Crippen LogP contribution >= 0.6 is 0 Å². The third-order valence-electron chi connectivity index (χ3n) is 3.22. The maximum Gasteiger partial charge on any atom is 0.503 e. The van der Waals surface area contributed by atoms with Gasteiger partial charge in [0.25, 0.3) is 0 Å². The molecule has 17 heavy (non-hydrogen) atoms. The van der Waals surface area contributed by atoms with Crippen LogP contribution in [-0.4, -0.2) is 43.2 Å². The van der Waals surface area contributed by atoms with Crippen molar-refractivity contribution in [3.8, 4) is 0 Å². The van der Waals surface area contributed by atoms with Crippen LogP contribution in [0.3, 0.4) is 0 Å². The summed E-state index contributed by atoms with van der Waals surface area (Å²) < 4.78 is 16.6. The molecule has 0 aromatic carbocycles. The van der Waals surface area contributed by atoms with E-state index in [2.05, 4.69) is 19.2 Å². The Balaban J connectivity index is 4.11. The molecular weight excluding hydrogens is 234 g/mol. The lowest BCUT2D eigenvalue weighted by molar-refractivity contribution is 0.109. The first-order chi connectivity index (χ1) is 8.20. The molecule has 0 heterocycles. The summed E-state index contributed by atoms with van der Waals surface area (Å²) in [6.45, 7) is 6.46. The molecule has 0 fully saturated rings. The minimum atomic E-state index is -2.46. The van der Waals surface area contributed by atoms with Crippen molar-refractivity contribution >= 4 is 8.80 Å². The van der Waals surface area contributed by atoms with E-state index in [0.29, 0.717) is 5.54 Å². The Morgan fingerprint density at radius 1 is 1.00 bits per heavy atom. The summed E-state index contributed by atoms with van der Waals surface area (Å²) in [5.41, 5.74) is 0.372. The average molecular weight is 263 g/mol. The average Bonchev–Trinajstić information content (AvgIpc) is 2.38. The summed E-state index contributed by atoms with van der Waals surface area (Å²) in [7, 11) is 2.61. The second-order valence-electron chi connectivity index (χ2n) is 4.21. The zero-order valence-corrected chi connectivity index (χ0v) is 13.0. The molecule has 0 rings (SSSR count). The van der Waals surface area contributed by atoms with Crippen LogP contribution in [0.1, 0.15) is 39.5 Å². The molecule has 1 N–H and O–H groups in total. The molecule has 0 bridgehead atoms. The van der Waals surface area contributed by atoms with Gasteiger partial charge in [-0.2, -0.15) is 0 Å². The molecule has 5 heteroatoms. The topological polar surface area (TPSA) is 39.7 Å². The lowest BCUT2D eigenvalue weighted by atomic mass is 10.2. The van der Waals surface area contributed by atoms with Crippen molar-refractivity contribution in [1.82, 2.24) is 5.32 Å². The van der Waals surface area contributed by atoms with Crippen LogP contribution in [-0.2, 0) is 13.3 Å². The normalized spacial score (nSPS) is 13.9. The molecule has 1 atom stereocenters. The molecule has 104 valence electrons. The molecule has 1 unspecified atom stereocenters. The van der Waals surface area contributed by atoms with Crippen LogP contribution in [0.5, 0.6) is 0 Å². The minimum Gasteiger partial charge on any atom is -0.377 e. The molecule has 0 aromatic rings. The summed E-state index contributed by atoms with van der Waals surface area (Å²) >= 11 is 0. The number of nitrogens with one attached hydrogen (secondary N) is 1. The van der Waals surface area contributed by atoms with Gasteiger partial charge >= 0.3 is 8.80 Å². The molecule has 0 aliphatic carbocycles. The smallest absolute Gasteiger partial charge is 0.377 e. The van der Waals surface area contributed by atoms with Crippen molar-refractivity contribution in [2.45, 2.75) is 45.1 Å². The predicted molar refractivity (Wildman–Crippen MR) is 73.2 cm³/mol. The molecule has 0 spiro atoms. The first-order valence-electron chi connectivity index (χ1n) is 6.56. The molecule has 0 saturated carbocycles. The molecule has 4 nitrogen and oxygen atoms in total. The monoisotopic (exact) mass is 263 g/mol. The van der Waals surface area contributed by atoms with Crippen LogP contribution in [0.25, 0.3) is 0 Å². The predicted octanol–water partition coefficient (Wildman–Crippen LogP) is 2.42. The fraction of sp³-hybridized carbons (Fsp3) is 1.00. The van der Waals surface area contributed by atoms with Gasteiger partial charge in [0.05, 0.1) is 0 Å². The van der Waals surface area contributed by atoms with Gasteiger partial charge in [-0.15, -0.1) is 0 Å². The van der Waals surface area contributed by atoms with Crippen LogP contribution in [0.15, 0.2) is 0 Å². The van der Waals surface area contributed by atoms with Gasteiger partial charge in [-0.3, -0.25) is 0 Å². The first-order valence-corrected chi connectivity index (χ1v) is 8.37. The minimum absolute atomic E-state index is 0.372. The summed E-state index contributed by atoms with van der Waals surface area (Å²) in [6.07, 6.45) is 4.54. The Labute approximate surface area is 107 Å². The Bertz CT molecular complexity index is 169. The largest absolute Gasteiger partial charge is 0.503 e. The maximum absolute atomic E-state index is 5.53. The Morgan fingerprint density at radius 3 is 2.00 bits per heavy atom. The van der Waals surface area contributed by atoms with Crippen molar-refractivity contribution in [2.75, 3.05) is 34.4 Å². The van der Waals surface area contributed by atoms with Gasteiger partial charge in [-0.1, -0.05) is 20.3 Å². The highest BCUT2D eigenvalue weighted by molar-refractivity contribution is 6.62. The Morgan fingerprint density at radius 2 is 1.59 bits per heavy atom. The van der Waals surface area contributed by atoms with Gasteiger partial charge in [0, 0.05) is 26.9 Å². The van der Waals surface area contributed by atoms with Crippen LogP contribution in [0.4, 0.5) is 0 Å². The number of unbranched alkanes of at least 4 members (excludes halogenated alkanes) is 1. The maximum atomic E-state index is 5.53. The molecule has 0 amide bonds. The summed E-state index contributed by atoms with van der Waals surface area (Å²) in [5.74, 6) is 0. The number of rotatable bonds is 11. The third-order valence-corrected chi connectivity index (χ3v) is 6.63. The summed E-state index contributed by atoms with van der Waals surface area (Å²) in [4.78, 5) is 0. The van der Waals surface area contributed by atoms with Gasteiger partial charge < -0.3 is 18.6 Å². The number of hydrogen-bond donors (Lipinski definition) is 1. The zero-order valence-electron chi connectivity index (χ0n) is 12.0. The third kappa shape index (κ3) is 5.48. The highest BCUT2D eigenvalue weighted by Gasteiger charge is 2.45. The van der Waals surface area contributed by atoms with Crippen molar-refractivity contribution in [3.05, 3.63) is 0 Å². The van der Waals surface area contributed by atoms with Gasteiger partial charge in [0.15, 0.2) is 0 Å². The van der Waals surface area contributed by atoms with Crippen molar-refractivity contribution in [3.63, 3.8) is 0 Å². The molecule has 0 saturated heterocycles. The van der Waals surface area contributed by atoms with E-state index in [1.165, 1.54) is 12.8 Å². The molecule has 0 aliphatic heterocycles. The van der Waals surface area contributed by atoms with E-state index in [1.807, 2.05) is 0 Å². The quantitative estimate of drug-likeness (QED) is 0.459. The first kappa shape index (κ1) is 17.1. The van der Waals surface area contributed by atoms with E-state index in [0.717, 1.165) is 25.9 Å². The van der Waals surface area contributed by atoms with E-state index < -0.39 is 8.80 Å². The summed E-state index contributed by atoms with van der Waals surface area (Å²) in [6, 6.07) is 0. The van der Waals surface area contributed by atoms with Gasteiger partial charge in [0.1, 0.15) is 0 Å². The SMILES string of the molecule is CCCCNCCC(CC)[Si](OC)(OC)OC. The number of hydrogen-bond acceptors (Lipinski definition) is 4. The van der Waals surface area contributed by atoms with Gasteiger partial charge in [0.2, 0.25) is 0 Å². The second-order valence-corrected chi connectivity index (χ2v) is 7.46. The van der Waals surface area contributed by atoms with E-state index in [-0.39, 0.29) is 0 Å². The van der Waals surface area contributed by atoms with Crippen molar-refractivity contribution in [2.24, 2.45) is 0 Å². The Kier molecular flexibility index (Phi) is 10.1. The lowest BCUT2D eigenvalue weighted by Gasteiger charge is -2.31. The van der Waals surface area contributed by atoms with Crippen LogP contribution in [0.2, 0.25) is 5.54 Å². The molecule has 0 radical (unpaired) electrons. The highest BCUT2D eigenvalue weighted by Crippen LogP contribution is 2.30. The van der Waals surface area contributed by atoms with Gasteiger partial charge in [-0.05, 0) is 32.4 Å². The van der Waals surface area contributed by atoms with E-state index in [1.54, 1.807) is 21.3 Å². The second kappa shape index (κ2) is 10.0. The molecule has 0 aromatic heterocycles. The molecule has 0 aliphatic rings. The highest BCUT2D eigenvalue weighted by atomic mass is 28.4. The van der Waals surface area contributed by atoms with Crippen LogP contribution in [0, 0.1) is 0 Å². The fourth-order valence-electron chi connectivity index (χ4n) is 2.08. The zero-order chi connectivity index (χ0) is 13.1. The van der Waals surface area contributed by atoms with E-state index in [4.69, 9.17) is 13.3 Å². The standard InChI is InChI=1S/C12H29NO3Si/c1-6-8-10-13-11-9-12(7-2)17(14-3,15-4)16-5/h12-13H,6-11H2,1-5H3. The Hall–Kier alpha value is 0.0569. The van der Waals surface area contributed by atoms with E-state index in [9.17, 15) is 0 Å². The van der Waals surface area contributed by atoms with Crippen molar-refractivity contribution < 1.29 is 13.3 Å². The van der Waals surface area contributed by atoms with Crippen molar-refractivity contribution in [1.29, 1.82) is 0 Å². The fourth-order valence-corrected chi connectivity index (χ4v) is 4.58. The lowest BCUT2D eigenvalue weighted by Crippen LogP contribution is -2.48.